The van der Waals surface area contributed by atoms with Gasteiger partial charge in [0.2, 0.25) is 0 Å². The second-order valence-corrected chi connectivity index (χ2v) is 20.4. The van der Waals surface area contributed by atoms with E-state index in [1.807, 2.05) is 0 Å². The number of esters is 3. The van der Waals surface area contributed by atoms with Crippen molar-refractivity contribution in [2.75, 3.05) is 13.2 Å². The molecule has 0 heterocycles. The molecule has 0 aromatic rings. The van der Waals surface area contributed by atoms with Gasteiger partial charge in [0, 0.05) is 19.3 Å². The molecule has 0 aliphatic heterocycles. The van der Waals surface area contributed by atoms with Crippen LogP contribution in [0.15, 0.2) is 48.6 Å². The van der Waals surface area contributed by atoms with Crippen molar-refractivity contribution in [3.05, 3.63) is 48.6 Å². The van der Waals surface area contributed by atoms with Crippen molar-refractivity contribution in [3.8, 4) is 0 Å². The van der Waals surface area contributed by atoms with Crippen molar-refractivity contribution in [1.82, 2.24) is 0 Å². The van der Waals surface area contributed by atoms with Crippen LogP contribution < -0.4 is 0 Å². The summed E-state index contributed by atoms with van der Waals surface area (Å²) in [7, 11) is 0. The van der Waals surface area contributed by atoms with Gasteiger partial charge in [-0.2, -0.15) is 0 Å². The summed E-state index contributed by atoms with van der Waals surface area (Å²) in [6, 6.07) is 0. The highest BCUT2D eigenvalue weighted by Crippen LogP contribution is 2.17. The summed E-state index contributed by atoms with van der Waals surface area (Å²) in [6.45, 7) is 6.63. The van der Waals surface area contributed by atoms with E-state index in [9.17, 15) is 14.4 Å². The number of hydrogen-bond donors (Lipinski definition) is 0. The molecule has 0 radical (unpaired) electrons. The Labute approximate surface area is 428 Å². The minimum absolute atomic E-state index is 0.0784. The third kappa shape index (κ3) is 56.2. The number of carbonyl (C=O) groups is 3. The lowest BCUT2D eigenvalue weighted by Gasteiger charge is -2.18. The van der Waals surface area contributed by atoms with Gasteiger partial charge in [0.15, 0.2) is 6.10 Å². The quantitative estimate of drug-likeness (QED) is 0.0262. The Bertz CT molecular complexity index is 1200. The smallest absolute Gasteiger partial charge is 0.306 e. The van der Waals surface area contributed by atoms with Crippen molar-refractivity contribution in [3.63, 3.8) is 0 Å². The van der Waals surface area contributed by atoms with Crippen LogP contribution >= 0.6 is 0 Å². The minimum atomic E-state index is -0.782. The van der Waals surface area contributed by atoms with Crippen LogP contribution in [0.1, 0.15) is 316 Å². The molecular weight excluding hydrogens is 853 g/mol. The SMILES string of the molecule is CCCCC\C=C/C=C\C=C/C=C\CCCCCCCC(=O)OC(COC(=O)CCCCCCCCCCCCCCCC)COC(=O)CCCCCCCCCCCCCCCCCCCCC. The number of hydrogen-bond acceptors (Lipinski definition) is 6. The van der Waals surface area contributed by atoms with E-state index in [1.54, 1.807) is 0 Å². The van der Waals surface area contributed by atoms with Crippen LogP contribution in [0.4, 0.5) is 0 Å². The Kier molecular flexibility index (Phi) is 55.7. The lowest BCUT2D eigenvalue weighted by molar-refractivity contribution is -0.167. The lowest BCUT2D eigenvalue weighted by atomic mass is 10.0. The average molecular weight is 968 g/mol. The summed E-state index contributed by atoms with van der Waals surface area (Å²) in [6.07, 6.45) is 71.0. The van der Waals surface area contributed by atoms with Gasteiger partial charge < -0.3 is 14.2 Å². The molecule has 0 spiro atoms. The fourth-order valence-corrected chi connectivity index (χ4v) is 8.87. The zero-order valence-electron chi connectivity index (χ0n) is 46.1. The summed E-state index contributed by atoms with van der Waals surface area (Å²) >= 11 is 0. The van der Waals surface area contributed by atoms with Crippen molar-refractivity contribution in [1.29, 1.82) is 0 Å². The molecule has 0 aromatic heterocycles. The Morgan fingerprint density at radius 1 is 0.290 bits per heavy atom. The molecule has 0 bridgehead atoms. The van der Waals surface area contributed by atoms with Gasteiger partial charge in [-0.3, -0.25) is 14.4 Å². The van der Waals surface area contributed by atoms with E-state index >= 15 is 0 Å². The van der Waals surface area contributed by atoms with Crippen LogP contribution in [0.25, 0.3) is 0 Å². The van der Waals surface area contributed by atoms with E-state index in [0.717, 1.165) is 83.5 Å². The molecule has 0 rings (SSSR count). The fourth-order valence-electron chi connectivity index (χ4n) is 8.87. The van der Waals surface area contributed by atoms with E-state index in [2.05, 4.69) is 69.4 Å². The number of carbonyl (C=O) groups excluding carboxylic acids is 3. The molecule has 0 fully saturated rings. The van der Waals surface area contributed by atoms with E-state index in [0.29, 0.717) is 19.3 Å². The highest BCUT2D eigenvalue weighted by Gasteiger charge is 2.19. The van der Waals surface area contributed by atoms with Crippen LogP contribution in [-0.4, -0.2) is 37.2 Å². The standard InChI is InChI=1S/C63H114O6/c1-4-7-10-13-16-19-22-25-28-30-32-34-35-38-41-44-47-50-53-56-62(65)68-59-60(58-67-61(64)55-52-49-46-43-40-37-27-24-21-18-15-12-9-6-3)69-63(66)57-54-51-48-45-42-39-36-33-31-29-26-23-20-17-14-11-8-5-2/h17,20,23,26,29,31,33,36,60H,4-16,18-19,21-22,24-25,27-28,30,32,34-35,37-59H2,1-3H3/b20-17-,26-23-,31-29-,36-33-. The first-order chi connectivity index (χ1) is 34.0. The molecule has 0 amide bonds. The molecule has 0 saturated heterocycles. The maximum Gasteiger partial charge on any atom is 0.306 e. The van der Waals surface area contributed by atoms with Gasteiger partial charge in [-0.25, -0.2) is 0 Å². The summed E-state index contributed by atoms with van der Waals surface area (Å²) in [5.41, 5.74) is 0. The highest BCUT2D eigenvalue weighted by atomic mass is 16.6. The van der Waals surface area contributed by atoms with Gasteiger partial charge in [-0.05, 0) is 44.9 Å². The molecule has 0 aromatic carbocycles. The normalized spacial score (nSPS) is 12.3. The summed E-state index contributed by atoms with van der Waals surface area (Å²) in [5, 5.41) is 0. The van der Waals surface area contributed by atoms with E-state index in [4.69, 9.17) is 14.2 Å². The van der Waals surface area contributed by atoms with E-state index in [1.165, 1.54) is 193 Å². The average Bonchev–Trinajstić information content (AvgIpc) is 3.35. The summed E-state index contributed by atoms with van der Waals surface area (Å²) < 4.78 is 16.9. The van der Waals surface area contributed by atoms with Crippen LogP contribution in [0.2, 0.25) is 0 Å². The molecule has 1 atom stereocenters. The first-order valence-electron chi connectivity index (χ1n) is 30.2. The van der Waals surface area contributed by atoms with Crippen LogP contribution in [0.5, 0.6) is 0 Å². The second-order valence-electron chi connectivity index (χ2n) is 20.4. The Balaban J connectivity index is 4.37. The van der Waals surface area contributed by atoms with E-state index < -0.39 is 6.10 Å². The van der Waals surface area contributed by atoms with Crippen molar-refractivity contribution < 1.29 is 28.6 Å². The van der Waals surface area contributed by atoms with Crippen LogP contribution in [-0.2, 0) is 28.6 Å². The van der Waals surface area contributed by atoms with Gasteiger partial charge >= 0.3 is 17.9 Å². The second kappa shape index (κ2) is 57.9. The van der Waals surface area contributed by atoms with Gasteiger partial charge in [0.05, 0.1) is 0 Å². The molecule has 0 saturated carbocycles. The molecule has 6 nitrogen and oxygen atoms in total. The van der Waals surface area contributed by atoms with Crippen molar-refractivity contribution >= 4 is 17.9 Å². The first kappa shape index (κ1) is 66.4. The highest BCUT2D eigenvalue weighted by molar-refractivity contribution is 5.71. The number of allylic oxidation sites excluding steroid dienone is 8. The third-order valence-electron chi connectivity index (χ3n) is 13.4. The maximum absolute atomic E-state index is 12.9. The molecule has 69 heavy (non-hydrogen) atoms. The third-order valence-corrected chi connectivity index (χ3v) is 13.4. The molecule has 6 heteroatoms. The monoisotopic (exact) mass is 967 g/mol. The largest absolute Gasteiger partial charge is 0.462 e. The molecule has 0 N–H and O–H groups in total. The predicted octanol–water partition coefficient (Wildman–Crippen LogP) is 20.2. The van der Waals surface area contributed by atoms with Gasteiger partial charge in [-0.15, -0.1) is 0 Å². The molecule has 0 aliphatic carbocycles. The van der Waals surface area contributed by atoms with Crippen LogP contribution in [0, 0.1) is 0 Å². The molecule has 402 valence electrons. The fraction of sp³-hybridized carbons (Fsp3) is 0.825. The summed E-state index contributed by atoms with van der Waals surface area (Å²) in [5.74, 6) is -0.881. The Hall–Kier alpha value is -2.63. The zero-order valence-corrected chi connectivity index (χ0v) is 46.1. The van der Waals surface area contributed by atoms with Gasteiger partial charge in [0.25, 0.3) is 0 Å². The lowest BCUT2D eigenvalue weighted by Crippen LogP contribution is -2.30. The Morgan fingerprint density at radius 3 is 0.841 bits per heavy atom. The first-order valence-corrected chi connectivity index (χ1v) is 30.2. The molecular formula is C63H114O6. The maximum atomic E-state index is 12.9. The number of ether oxygens (including phenoxy) is 3. The number of unbranched alkanes of at least 4 members (excludes halogenated alkanes) is 39. The molecule has 0 aliphatic rings. The van der Waals surface area contributed by atoms with Crippen molar-refractivity contribution in [2.45, 2.75) is 322 Å². The molecule has 1 unspecified atom stereocenters. The topological polar surface area (TPSA) is 78.9 Å². The number of rotatable bonds is 55. The van der Waals surface area contributed by atoms with Crippen LogP contribution in [0.3, 0.4) is 0 Å². The Morgan fingerprint density at radius 2 is 0.522 bits per heavy atom. The van der Waals surface area contributed by atoms with E-state index in [-0.39, 0.29) is 31.1 Å². The zero-order chi connectivity index (χ0) is 50.0. The van der Waals surface area contributed by atoms with Crippen molar-refractivity contribution in [2.24, 2.45) is 0 Å². The predicted molar refractivity (Wildman–Crippen MR) is 298 cm³/mol. The summed E-state index contributed by atoms with van der Waals surface area (Å²) in [4.78, 5) is 38.2. The minimum Gasteiger partial charge on any atom is -0.462 e. The van der Waals surface area contributed by atoms with Gasteiger partial charge in [0.1, 0.15) is 13.2 Å². The van der Waals surface area contributed by atoms with Gasteiger partial charge in [-0.1, -0.05) is 301 Å².